The molecule has 0 N–H and O–H groups in total. The third-order valence-electron chi connectivity index (χ3n) is 5.22. The van der Waals surface area contributed by atoms with Crippen LogP contribution >= 0.6 is 11.6 Å². The van der Waals surface area contributed by atoms with Crippen LogP contribution in [0.5, 0.6) is 5.75 Å². The lowest BCUT2D eigenvalue weighted by Gasteiger charge is -2.36. The van der Waals surface area contributed by atoms with Crippen molar-refractivity contribution in [2.24, 2.45) is 0 Å². The molecule has 8 heteroatoms. The van der Waals surface area contributed by atoms with Crippen molar-refractivity contribution >= 4 is 23.4 Å². The van der Waals surface area contributed by atoms with E-state index < -0.39 is 0 Å². The molecule has 1 aliphatic rings. The monoisotopic (exact) mass is 459 g/mol. The number of hydrogen-bond acceptors (Lipinski definition) is 5. The molecular formula is C24H30ClN3O4. The highest BCUT2D eigenvalue weighted by molar-refractivity contribution is 6.30. The van der Waals surface area contributed by atoms with E-state index in [9.17, 15) is 9.59 Å². The number of likely N-dealkylation sites (N-methyl/N-ethyl adjacent to an activating group) is 1. The highest BCUT2D eigenvalue weighted by Crippen LogP contribution is 2.16. The van der Waals surface area contributed by atoms with Gasteiger partial charge in [0, 0.05) is 43.3 Å². The zero-order chi connectivity index (χ0) is 22.9. The first kappa shape index (κ1) is 24.0. The SMILES string of the molecule is CN(C)CCN(CC1CN(C(=O)COc2ccc(Cl)cc2)CCO1)C(=O)c1ccccc1. The lowest BCUT2D eigenvalue weighted by atomic mass is 10.1. The Hall–Kier alpha value is -2.61. The van der Waals surface area contributed by atoms with Gasteiger partial charge in [-0.25, -0.2) is 0 Å². The molecule has 32 heavy (non-hydrogen) atoms. The smallest absolute Gasteiger partial charge is 0.260 e. The van der Waals surface area contributed by atoms with E-state index >= 15 is 0 Å². The Morgan fingerprint density at radius 1 is 1.09 bits per heavy atom. The average Bonchev–Trinajstić information content (AvgIpc) is 2.81. The van der Waals surface area contributed by atoms with Gasteiger partial charge in [-0.1, -0.05) is 29.8 Å². The molecule has 0 spiro atoms. The number of carbonyl (C=O) groups is 2. The number of nitrogens with zero attached hydrogens (tertiary/aromatic N) is 3. The summed E-state index contributed by atoms with van der Waals surface area (Å²) < 4.78 is 11.5. The van der Waals surface area contributed by atoms with Crippen LogP contribution in [-0.4, -0.2) is 92.7 Å². The van der Waals surface area contributed by atoms with Crippen molar-refractivity contribution in [2.75, 3.05) is 60.0 Å². The van der Waals surface area contributed by atoms with Gasteiger partial charge in [-0.3, -0.25) is 9.59 Å². The van der Waals surface area contributed by atoms with Crippen LogP contribution in [-0.2, 0) is 9.53 Å². The molecule has 7 nitrogen and oxygen atoms in total. The van der Waals surface area contributed by atoms with Gasteiger partial charge < -0.3 is 24.2 Å². The summed E-state index contributed by atoms with van der Waals surface area (Å²) in [7, 11) is 3.95. The minimum atomic E-state index is -0.252. The van der Waals surface area contributed by atoms with Gasteiger partial charge >= 0.3 is 0 Å². The molecule has 172 valence electrons. The summed E-state index contributed by atoms with van der Waals surface area (Å²) in [6.45, 7) is 3.04. The Balaban J connectivity index is 1.58. The maximum atomic E-state index is 13.1. The summed E-state index contributed by atoms with van der Waals surface area (Å²) in [4.78, 5) is 31.3. The van der Waals surface area contributed by atoms with Crippen LogP contribution in [0.1, 0.15) is 10.4 Å². The second kappa shape index (κ2) is 11.9. The van der Waals surface area contributed by atoms with Gasteiger partial charge in [0.1, 0.15) is 5.75 Å². The predicted molar refractivity (Wildman–Crippen MR) is 124 cm³/mol. The Morgan fingerprint density at radius 2 is 1.81 bits per heavy atom. The molecule has 1 atom stereocenters. The van der Waals surface area contributed by atoms with E-state index in [0.717, 1.165) is 6.54 Å². The van der Waals surface area contributed by atoms with Crippen LogP contribution in [0.3, 0.4) is 0 Å². The van der Waals surface area contributed by atoms with E-state index in [0.29, 0.717) is 49.1 Å². The number of morpholine rings is 1. The Morgan fingerprint density at radius 3 is 2.50 bits per heavy atom. The highest BCUT2D eigenvalue weighted by atomic mass is 35.5. The first-order chi connectivity index (χ1) is 15.4. The standard InChI is InChI=1S/C24H30ClN3O4/c1-26(2)12-13-28(24(30)19-6-4-3-5-7-19)17-22-16-27(14-15-31-22)23(29)18-32-21-10-8-20(25)9-11-21/h3-11,22H,12-18H2,1-2H3. The number of rotatable bonds is 9. The Bertz CT molecular complexity index is 877. The van der Waals surface area contributed by atoms with Crippen molar-refractivity contribution in [1.29, 1.82) is 0 Å². The summed E-state index contributed by atoms with van der Waals surface area (Å²) in [5.41, 5.74) is 0.645. The van der Waals surface area contributed by atoms with Gasteiger partial charge in [0.15, 0.2) is 6.61 Å². The minimum Gasteiger partial charge on any atom is -0.484 e. The average molecular weight is 460 g/mol. The molecule has 3 rings (SSSR count). The van der Waals surface area contributed by atoms with Gasteiger partial charge in [-0.2, -0.15) is 0 Å². The van der Waals surface area contributed by atoms with Gasteiger partial charge in [0.25, 0.3) is 11.8 Å². The molecule has 0 bridgehead atoms. The number of amides is 2. The van der Waals surface area contributed by atoms with Crippen molar-refractivity contribution in [3.63, 3.8) is 0 Å². The Kier molecular flexibility index (Phi) is 8.90. The summed E-state index contributed by atoms with van der Waals surface area (Å²) >= 11 is 5.88. The number of carbonyl (C=O) groups excluding carboxylic acids is 2. The van der Waals surface area contributed by atoms with Gasteiger partial charge in [0.05, 0.1) is 12.7 Å². The lowest BCUT2D eigenvalue weighted by Crippen LogP contribution is -2.52. The molecular weight excluding hydrogens is 430 g/mol. The first-order valence-corrected chi connectivity index (χ1v) is 11.1. The second-order valence-electron chi connectivity index (χ2n) is 8.00. The van der Waals surface area contributed by atoms with E-state index in [-0.39, 0.29) is 24.5 Å². The third-order valence-corrected chi connectivity index (χ3v) is 5.47. The van der Waals surface area contributed by atoms with E-state index in [2.05, 4.69) is 0 Å². The zero-order valence-electron chi connectivity index (χ0n) is 18.6. The fourth-order valence-corrected chi connectivity index (χ4v) is 3.56. The van der Waals surface area contributed by atoms with Crippen molar-refractivity contribution in [2.45, 2.75) is 6.10 Å². The molecule has 1 heterocycles. The van der Waals surface area contributed by atoms with Gasteiger partial charge in [-0.05, 0) is 50.5 Å². The van der Waals surface area contributed by atoms with Crippen LogP contribution in [0.4, 0.5) is 0 Å². The fourth-order valence-electron chi connectivity index (χ4n) is 3.43. The van der Waals surface area contributed by atoms with Crippen LogP contribution in [0.2, 0.25) is 5.02 Å². The lowest BCUT2D eigenvalue weighted by molar-refractivity contribution is -0.141. The largest absolute Gasteiger partial charge is 0.484 e. The van der Waals surface area contributed by atoms with E-state index in [4.69, 9.17) is 21.1 Å². The molecule has 2 amide bonds. The van der Waals surface area contributed by atoms with Crippen molar-refractivity contribution in [3.05, 3.63) is 65.2 Å². The van der Waals surface area contributed by atoms with Crippen molar-refractivity contribution in [1.82, 2.24) is 14.7 Å². The number of hydrogen-bond donors (Lipinski definition) is 0. The molecule has 1 fully saturated rings. The summed E-state index contributed by atoms with van der Waals surface area (Å²) in [5.74, 6) is 0.448. The maximum Gasteiger partial charge on any atom is 0.260 e. The summed E-state index contributed by atoms with van der Waals surface area (Å²) in [6, 6.07) is 16.1. The second-order valence-corrected chi connectivity index (χ2v) is 8.43. The number of ether oxygens (including phenoxy) is 2. The highest BCUT2D eigenvalue weighted by Gasteiger charge is 2.28. The van der Waals surface area contributed by atoms with Crippen LogP contribution < -0.4 is 4.74 Å². The third kappa shape index (κ3) is 7.22. The molecule has 0 radical (unpaired) electrons. The fraction of sp³-hybridized carbons (Fsp3) is 0.417. The van der Waals surface area contributed by atoms with Crippen LogP contribution in [0.25, 0.3) is 0 Å². The molecule has 1 aliphatic heterocycles. The van der Waals surface area contributed by atoms with Crippen molar-refractivity contribution in [3.8, 4) is 5.75 Å². The van der Waals surface area contributed by atoms with Gasteiger partial charge in [0.2, 0.25) is 0 Å². The molecule has 0 saturated carbocycles. The topological polar surface area (TPSA) is 62.3 Å². The van der Waals surface area contributed by atoms with E-state index in [1.54, 1.807) is 34.1 Å². The maximum absolute atomic E-state index is 13.1. The number of halogens is 1. The number of benzene rings is 2. The predicted octanol–water partition coefficient (Wildman–Crippen LogP) is 2.65. The van der Waals surface area contributed by atoms with Crippen LogP contribution in [0, 0.1) is 0 Å². The molecule has 0 aliphatic carbocycles. The normalized spacial score (nSPS) is 16.1. The van der Waals surface area contributed by atoms with E-state index in [1.807, 2.05) is 49.3 Å². The zero-order valence-corrected chi connectivity index (χ0v) is 19.3. The summed E-state index contributed by atoms with van der Waals surface area (Å²) in [6.07, 6.45) is -0.252. The van der Waals surface area contributed by atoms with E-state index in [1.165, 1.54) is 0 Å². The quantitative estimate of drug-likeness (QED) is 0.577. The molecule has 2 aromatic carbocycles. The minimum absolute atomic E-state index is 0.0365. The van der Waals surface area contributed by atoms with Gasteiger partial charge in [-0.15, -0.1) is 0 Å². The van der Waals surface area contributed by atoms with Crippen LogP contribution in [0.15, 0.2) is 54.6 Å². The van der Waals surface area contributed by atoms with Crippen molar-refractivity contribution < 1.29 is 19.1 Å². The summed E-state index contributed by atoms with van der Waals surface area (Å²) in [5, 5.41) is 0.614. The Labute approximate surface area is 194 Å². The first-order valence-electron chi connectivity index (χ1n) is 10.7. The molecule has 0 aromatic heterocycles. The molecule has 1 unspecified atom stereocenters. The molecule has 1 saturated heterocycles. The molecule has 2 aromatic rings.